The van der Waals surface area contributed by atoms with Crippen molar-refractivity contribution < 1.29 is 14.4 Å². The molecule has 3 N–H and O–H groups in total. The number of nitrogens with zero attached hydrogens (tertiary/aromatic N) is 4. The third kappa shape index (κ3) is 8.43. The van der Waals surface area contributed by atoms with E-state index in [9.17, 15) is 14.4 Å². The number of likely N-dealkylation sites (tertiary alicyclic amines) is 1. The van der Waals surface area contributed by atoms with Crippen LogP contribution in [0.1, 0.15) is 71.3 Å². The first-order chi connectivity index (χ1) is 19.6. The van der Waals surface area contributed by atoms with Gasteiger partial charge in [0, 0.05) is 70.2 Å². The van der Waals surface area contributed by atoms with Gasteiger partial charge in [-0.3, -0.25) is 14.4 Å². The van der Waals surface area contributed by atoms with Gasteiger partial charge in [0.1, 0.15) is 6.04 Å². The maximum Gasteiger partial charge on any atom is 0.245 e. The van der Waals surface area contributed by atoms with E-state index in [4.69, 9.17) is 17.3 Å². The molecule has 1 aromatic carbocycles. The number of benzene rings is 1. The highest BCUT2D eigenvalue weighted by Crippen LogP contribution is 2.27. The van der Waals surface area contributed by atoms with Gasteiger partial charge in [-0.1, -0.05) is 56.8 Å². The first-order valence-corrected chi connectivity index (χ1v) is 15.8. The number of carbonyl (C=O) groups excluding carboxylic acids is 3. The number of halogens is 1. The molecule has 1 saturated carbocycles. The standard InChI is InChI=1S/C31H49ClN6O3/c1-23(2)22-38(27-11-15-35(16-12-27)24(3)39)37-19-17-36(18-20-37)29(40)28(21-25-7-9-26(32)10-8-25)34-30(41)31(33)13-5-4-6-14-31/h7-10,23,27-28H,4-6,11-22,33H2,1-3H3,(H,34,41)/t28-/m1/s1. The Morgan fingerprint density at radius 2 is 1.59 bits per heavy atom. The summed E-state index contributed by atoms with van der Waals surface area (Å²) in [5.74, 6) is 0.374. The van der Waals surface area contributed by atoms with Gasteiger partial charge >= 0.3 is 0 Å². The summed E-state index contributed by atoms with van der Waals surface area (Å²) in [5.41, 5.74) is 6.58. The molecule has 4 rings (SSSR count). The van der Waals surface area contributed by atoms with Crippen LogP contribution in [0.3, 0.4) is 0 Å². The molecule has 9 nitrogen and oxygen atoms in total. The van der Waals surface area contributed by atoms with Crippen LogP contribution in [0, 0.1) is 5.92 Å². The van der Waals surface area contributed by atoms with Crippen molar-refractivity contribution in [3.05, 3.63) is 34.9 Å². The molecule has 2 aliphatic heterocycles. The summed E-state index contributed by atoms with van der Waals surface area (Å²) >= 11 is 6.10. The Kier molecular flexibility index (Phi) is 11.1. The largest absolute Gasteiger partial charge is 0.343 e. The molecule has 3 aliphatic rings. The minimum Gasteiger partial charge on any atom is -0.343 e. The summed E-state index contributed by atoms with van der Waals surface area (Å²) in [7, 11) is 0. The second kappa shape index (κ2) is 14.3. The Balaban J connectivity index is 1.42. The number of nitrogens with two attached hydrogens (primary N) is 1. The number of hydrazine groups is 1. The Labute approximate surface area is 250 Å². The van der Waals surface area contributed by atoms with Crippen LogP contribution in [-0.4, -0.2) is 101 Å². The third-order valence-corrected chi connectivity index (χ3v) is 9.22. The first kappa shape index (κ1) is 31.7. The molecule has 0 spiro atoms. The van der Waals surface area contributed by atoms with Crippen molar-refractivity contribution in [1.82, 2.24) is 25.1 Å². The van der Waals surface area contributed by atoms with E-state index in [2.05, 4.69) is 29.2 Å². The average Bonchev–Trinajstić information content (AvgIpc) is 2.96. The molecule has 3 fully saturated rings. The van der Waals surface area contributed by atoms with Gasteiger partial charge < -0.3 is 20.9 Å². The number of amides is 3. The third-order valence-electron chi connectivity index (χ3n) is 8.97. The van der Waals surface area contributed by atoms with Crippen molar-refractivity contribution >= 4 is 29.3 Å². The highest BCUT2D eigenvalue weighted by molar-refractivity contribution is 6.30. The molecule has 41 heavy (non-hydrogen) atoms. The SMILES string of the molecule is CC(=O)N1CCC(N(CC(C)C)N2CCN(C(=O)[C@@H](Cc3ccc(Cl)cc3)NC(=O)C3(N)CCCCC3)CC2)CC1. The smallest absolute Gasteiger partial charge is 0.245 e. The van der Waals surface area contributed by atoms with Crippen molar-refractivity contribution in [2.75, 3.05) is 45.8 Å². The summed E-state index contributed by atoms with van der Waals surface area (Å²) in [6.07, 6.45) is 6.57. The Morgan fingerprint density at radius 1 is 0.976 bits per heavy atom. The van der Waals surface area contributed by atoms with E-state index in [1.807, 2.05) is 34.1 Å². The molecule has 10 heteroatoms. The highest BCUT2D eigenvalue weighted by atomic mass is 35.5. The van der Waals surface area contributed by atoms with Crippen LogP contribution in [0.15, 0.2) is 24.3 Å². The molecule has 228 valence electrons. The summed E-state index contributed by atoms with van der Waals surface area (Å²) in [6, 6.07) is 7.16. The van der Waals surface area contributed by atoms with Gasteiger partial charge in [0.05, 0.1) is 5.54 Å². The number of hydrogen-bond acceptors (Lipinski definition) is 6. The molecule has 1 aromatic rings. The predicted octanol–water partition coefficient (Wildman–Crippen LogP) is 3.06. The van der Waals surface area contributed by atoms with E-state index in [1.165, 1.54) is 0 Å². The Hall–Kier alpha value is -2.20. The van der Waals surface area contributed by atoms with E-state index in [-0.39, 0.29) is 17.7 Å². The van der Waals surface area contributed by atoms with Gasteiger partial charge in [-0.2, -0.15) is 0 Å². The zero-order chi connectivity index (χ0) is 29.6. The van der Waals surface area contributed by atoms with Gasteiger partial charge in [0.15, 0.2) is 0 Å². The molecule has 0 radical (unpaired) electrons. The lowest BCUT2D eigenvalue weighted by atomic mass is 9.81. The molecule has 0 bridgehead atoms. The Morgan fingerprint density at radius 3 is 2.15 bits per heavy atom. The lowest BCUT2D eigenvalue weighted by Crippen LogP contribution is -2.63. The maximum absolute atomic E-state index is 13.9. The minimum atomic E-state index is -0.912. The van der Waals surface area contributed by atoms with Crippen LogP contribution in [0.2, 0.25) is 5.02 Å². The summed E-state index contributed by atoms with van der Waals surface area (Å²) in [6.45, 7) is 11.3. The quantitative estimate of drug-likeness (QED) is 0.460. The number of rotatable bonds is 9. The van der Waals surface area contributed by atoms with Crippen LogP contribution in [0.5, 0.6) is 0 Å². The molecule has 0 unspecified atom stereocenters. The summed E-state index contributed by atoms with van der Waals surface area (Å²) < 4.78 is 0. The van der Waals surface area contributed by atoms with Gasteiger partial charge in [-0.25, -0.2) is 10.0 Å². The number of nitrogens with one attached hydrogen (secondary N) is 1. The van der Waals surface area contributed by atoms with E-state index >= 15 is 0 Å². The second-order valence-electron chi connectivity index (χ2n) is 12.6. The molecule has 0 aromatic heterocycles. The van der Waals surface area contributed by atoms with Gasteiger partial charge in [-0.05, 0) is 49.3 Å². The zero-order valence-corrected chi connectivity index (χ0v) is 25.9. The fourth-order valence-corrected chi connectivity index (χ4v) is 6.64. The first-order valence-electron chi connectivity index (χ1n) is 15.5. The summed E-state index contributed by atoms with van der Waals surface area (Å²) in [4.78, 5) is 43.0. The lowest BCUT2D eigenvalue weighted by molar-refractivity contribution is -0.146. The Bertz CT molecular complexity index is 1030. The van der Waals surface area contributed by atoms with E-state index in [0.29, 0.717) is 49.3 Å². The topological polar surface area (TPSA) is 102 Å². The molecule has 1 aliphatic carbocycles. The second-order valence-corrected chi connectivity index (χ2v) is 13.0. The van der Waals surface area contributed by atoms with E-state index < -0.39 is 11.6 Å². The number of carbonyl (C=O) groups is 3. The molecular formula is C31H49ClN6O3. The zero-order valence-electron chi connectivity index (χ0n) is 25.1. The van der Waals surface area contributed by atoms with Gasteiger partial charge in [-0.15, -0.1) is 0 Å². The van der Waals surface area contributed by atoms with Crippen molar-refractivity contribution in [3.8, 4) is 0 Å². The molecule has 3 amide bonds. The van der Waals surface area contributed by atoms with Crippen molar-refractivity contribution in [2.45, 2.75) is 89.8 Å². The van der Waals surface area contributed by atoms with Gasteiger partial charge in [0.25, 0.3) is 0 Å². The van der Waals surface area contributed by atoms with Crippen LogP contribution >= 0.6 is 11.6 Å². The lowest BCUT2D eigenvalue weighted by Gasteiger charge is -2.47. The molecule has 2 saturated heterocycles. The minimum absolute atomic E-state index is 0.0578. The predicted molar refractivity (Wildman–Crippen MR) is 162 cm³/mol. The molecule has 2 heterocycles. The maximum atomic E-state index is 13.9. The van der Waals surface area contributed by atoms with Crippen LogP contribution < -0.4 is 11.1 Å². The number of hydrogen-bond donors (Lipinski definition) is 2. The van der Waals surface area contributed by atoms with E-state index in [1.54, 1.807) is 6.92 Å². The number of piperazine rings is 1. The highest BCUT2D eigenvalue weighted by Gasteiger charge is 2.39. The fourth-order valence-electron chi connectivity index (χ4n) is 6.51. The van der Waals surface area contributed by atoms with Crippen molar-refractivity contribution in [2.24, 2.45) is 11.7 Å². The number of piperidine rings is 1. The van der Waals surface area contributed by atoms with Crippen molar-refractivity contribution in [3.63, 3.8) is 0 Å². The van der Waals surface area contributed by atoms with Crippen LogP contribution in [-0.2, 0) is 20.8 Å². The molecule has 1 atom stereocenters. The van der Waals surface area contributed by atoms with Crippen LogP contribution in [0.25, 0.3) is 0 Å². The average molecular weight is 589 g/mol. The monoisotopic (exact) mass is 588 g/mol. The fraction of sp³-hybridized carbons (Fsp3) is 0.710. The van der Waals surface area contributed by atoms with Crippen LogP contribution in [0.4, 0.5) is 0 Å². The van der Waals surface area contributed by atoms with E-state index in [0.717, 1.165) is 70.4 Å². The summed E-state index contributed by atoms with van der Waals surface area (Å²) in [5, 5.41) is 8.61. The van der Waals surface area contributed by atoms with Gasteiger partial charge in [0.2, 0.25) is 17.7 Å². The van der Waals surface area contributed by atoms with Crippen molar-refractivity contribution in [1.29, 1.82) is 0 Å². The normalized spacial score (nSPS) is 21.2. The molecular weight excluding hydrogens is 540 g/mol.